The molecule has 2 aliphatic heterocycles. The predicted octanol–water partition coefficient (Wildman–Crippen LogP) is 4.11. The number of allylic oxidation sites excluding steroid dienone is 3. The second-order valence-corrected chi connectivity index (χ2v) is 8.86. The van der Waals surface area contributed by atoms with Gasteiger partial charge in [-0.05, 0) is 43.7 Å². The number of hydrogen-bond donors (Lipinski definition) is 0. The van der Waals surface area contributed by atoms with Gasteiger partial charge < -0.3 is 4.74 Å². The molecule has 28 heavy (non-hydrogen) atoms. The van der Waals surface area contributed by atoms with E-state index in [0.29, 0.717) is 13.0 Å². The number of ether oxygens (including phenoxy) is 1. The van der Waals surface area contributed by atoms with Gasteiger partial charge in [0.2, 0.25) is 0 Å². The van der Waals surface area contributed by atoms with Gasteiger partial charge in [0.15, 0.2) is 0 Å². The summed E-state index contributed by atoms with van der Waals surface area (Å²) in [5.41, 5.74) is 2.11. The van der Waals surface area contributed by atoms with Crippen molar-refractivity contribution in [1.82, 2.24) is 0 Å². The van der Waals surface area contributed by atoms with Crippen molar-refractivity contribution in [2.24, 2.45) is 16.8 Å². The average molecular weight is 398 g/mol. The molecule has 1 aliphatic carbocycles. The maximum absolute atomic E-state index is 12.9. The molecule has 4 rings (SSSR count). The van der Waals surface area contributed by atoms with Gasteiger partial charge in [-0.2, -0.15) is 0 Å². The molecule has 0 aromatic heterocycles. The van der Waals surface area contributed by atoms with Gasteiger partial charge in [-0.15, -0.1) is 11.8 Å². The Labute approximate surface area is 167 Å². The minimum absolute atomic E-state index is 0.0436. The van der Waals surface area contributed by atoms with Crippen molar-refractivity contribution < 1.29 is 14.5 Å². The number of nitro benzene ring substituents is 1. The number of carbonyl (C=O) groups excluding carboxylic acids is 1. The lowest BCUT2D eigenvalue weighted by atomic mass is 9.72. The van der Waals surface area contributed by atoms with Crippen LogP contribution in [0.4, 0.5) is 5.69 Å². The Morgan fingerprint density at radius 1 is 1.39 bits per heavy atom. The van der Waals surface area contributed by atoms with Crippen molar-refractivity contribution in [2.45, 2.75) is 36.2 Å². The zero-order chi connectivity index (χ0) is 19.7. The molecule has 2 heterocycles. The molecule has 7 heteroatoms. The minimum atomic E-state index is -0.397. The van der Waals surface area contributed by atoms with E-state index in [1.165, 1.54) is 12.1 Å². The normalized spacial score (nSPS) is 30.3. The first-order valence-electron chi connectivity index (χ1n) is 9.53. The van der Waals surface area contributed by atoms with Crippen LogP contribution in [0.5, 0.6) is 0 Å². The number of nitro groups is 1. The van der Waals surface area contributed by atoms with E-state index in [1.54, 1.807) is 12.1 Å². The molecule has 4 unspecified atom stereocenters. The van der Waals surface area contributed by atoms with Crippen molar-refractivity contribution in [3.8, 4) is 0 Å². The van der Waals surface area contributed by atoms with E-state index in [-0.39, 0.29) is 33.5 Å². The van der Waals surface area contributed by atoms with Gasteiger partial charge in [-0.3, -0.25) is 19.9 Å². The summed E-state index contributed by atoms with van der Waals surface area (Å²) in [6.07, 6.45) is 10.5. The van der Waals surface area contributed by atoms with Gasteiger partial charge in [0, 0.05) is 23.6 Å². The third kappa shape index (κ3) is 3.17. The molecule has 1 aromatic rings. The van der Waals surface area contributed by atoms with Crippen LogP contribution >= 0.6 is 11.8 Å². The van der Waals surface area contributed by atoms with Gasteiger partial charge in [0.25, 0.3) is 5.69 Å². The first-order chi connectivity index (χ1) is 13.5. The molecule has 1 saturated heterocycles. The molecule has 1 fully saturated rings. The van der Waals surface area contributed by atoms with Crippen LogP contribution in [0.25, 0.3) is 0 Å². The van der Waals surface area contributed by atoms with Crippen molar-refractivity contribution >= 4 is 29.6 Å². The smallest absolute Gasteiger partial charge is 0.310 e. The Hall–Kier alpha value is -2.41. The van der Waals surface area contributed by atoms with E-state index in [1.807, 2.05) is 31.0 Å². The molecule has 0 radical (unpaired) electrons. The SMILES string of the molecule is CCOC(=O)C1C(Cc2ccc([N+](=O)[O-])cc2)SC23CC=CC=C2N=CCC13. The highest BCUT2D eigenvalue weighted by Crippen LogP contribution is 2.61. The summed E-state index contributed by atoms with van der Waals surface area (Å²) in [4.78, 5) is 28.1. The fourth-order valence-electron chi connectivity index (χ4n) is 4.54. The third-order valence-electron chi connectivity index (χ3n) is 5.77. The Bertz CT molecular complexity index is 877. The molecule has 0 N–H and O–H groups in total. The quantitative estimate of drug-likeness (QED) is 0.424. The number of esters is 1. The van der Waals surface area contributed by atoms with Crippen molar-refractivity contribution in [2.75, 3.05) is 6.61 Å². The summed E-state index contributed by atoms with van der Waals surface area (Å²) < 4.78 is 5.26. The number of rotatable bonds is 5. The molecular weight excluding hydrogens is 376 g/mol. The Morgan fingerprint density at radius 2 is 2.18 bits per heavy atom. The van der Waals surface area contributed by atoms with Crippen LogP contribution in [0, 0.1) is 22.0 Å². The monoisotopic (exact) mass is 398 g/mol. The van der Waals surface area contributed by atoms with E-state index >= 15 is 0 Å². The van der Waals surface area contributed by atoms with E-state index in [4.69, 9.17) is 4.74 Å². The van der Waals surface area contributed by atoms with E-state index < -0.39 is 4.92 Å². The number of thioether (sulfide) groups is 1. The molecule has 0 bridgehead atoms. The third-order valence-corrected chi connectivity index (χ3v) is 7.63. The van der Waals surface area contributed by atoms with E-state index in [9.17, 15) is 14.9 Å². The van der Waals surface area contributed by atoms with E-state index in [2.05, 4.69) is 17.1 Å². The Kier molecular flexibility index (Phi) is 5.10. The number of hydrogen-bond acceptors (Lipinski definition) is 6. The minimum Gasteiger partial charge on any atom is -0.466 e. The van der Waals surface area contributed by atoms with Crippen LogP contribution in [0.3, 0.4) is 0 Å². The highest BCUT2D eigenvalue weighted by atomic mass is 32.2. The number of non-ortho nitro benzene ring substituents is 1. The first-order valence-corrected chi connectivity index (χ1v) is 10.4. The van der Waals surface area contributed by atoms with Gasteiger partial charge in [-0.1, -0.05) is 24.3 Å². The second-order valence-electron chi connectivity index (χ2n) is 7.29. The van der Waals surface area contributed by atoms with Crippen LogP contribution in [-0.4, -0.2) is 33.7 Å². The van der Waals surface area contributed by atoms with Crippen molar-refractivity contribution in [3.05, 3.63) is 63.9 Å². The van der Waals surface area contributed by atoms with Crippen LogP contribution in [0.1, 0.15) is 25.3 Å². The van der Waals surface area contributed by atoms with Crippen molar-refractivity contribution in [1.29, 1.82) is 0 Å². The van der Waals surface area contributed by atoms with Gasteiger partial charge in [0.05, 0.1) is 27.9 Å². The van der Waals surface area contributed by atoms with Crippen molar-refractivity contribution in [3.63, 3.8) is 0 Å². The summed E-state index contributed by atoms with van der Waals surface area (Å²) >= 11 is 1.83. The summed E-state index contributed by atoms with van der Waals surface area (Å²) in [5, 5.41) is 11.0. The zero-order valence-electron chi connectivity index (χ0n) is 15.6. The number of benzene rings is 1. The zero-order valence-corrected chi connectivity index (χ0v) is 16.4. The molecule has 0 amide bonds. The second kappa shape index (κ2) is 7.54. The maximum Gasteiger partial charge on any atom is 0.310 e. The standard InChI is InChI=1S/C21H22N2O4S/c1-2-27-20(24)19-16-10-12-22-18-5-3-4-11-21(16,18)28-17(19)13-14-6-8-15(9-7-14)23(25)26/h3-9,12,16-17,19H,2,10-11,13H2,1H3. The lowest BCUT2D eigenvalue weighted by Crippen LogP contribution is -2.41. The van der Waals surface area contributed by atoms with Gasteiger partial charge in [-0.25, -0.2) is 0 Å². The fraction of sp³-hybridized carbons (Fsp3) is 0.429. The Morgan fingerprint density at radius 3 is 2.89 bits per heavy atom. The van der Waals surface area contributed by atoms with Gasteiger partial charge >= 0.3 is 5.97 Å². The van der Waals surface area contributed by atoms with Gasteiger partial charge in [0.1, 0.15) is 0 Å². The van der Waals surface area contributed by atoms with Crippen LogP contribution in [-0.2, 0) is 16.0 Å². The number of carbonyl (C=O) groups is 1. The first kappa shape index (κ1) is 18.9. The van der Waals surface area contributed by atoms with Crippen LogP contribution < -0.4 is 0 Å². The Balaban J connectivity index is 1.65. The van der Waals surface area contributed by atoms with Crippen LogP contribution in [0.2, 0.25) is 0 Å². The average Bonchev–Trinajstić information content (AvgIpc) is 3.00. The molecule has 146 valence electrons. The highest BCUT2D eigenvalue weighted by Gasteiger charge is 2.59. The lowest BCUT2D eigenvalue weighted by Gasteiger charge is -2.39. The molecule has 4 atom stereocenters. The number of aliphatic imine (C=N–C) groups is 1. The molecule has 6 nitrogen and oxygen atoms in total. The highest BCUT2D eigenvalue weighted by molar-refractivity contribution is 8.01. The lowest BCUT2D eigenvalue weighted by molar-refractivity contribution is -0.384. The summed E-state index contributed by atoms with van der Waals surface area (Å²) in [7, 11) is 0. The fourth-order valence-corrected chi connectivity index (χ4v) is 6.66. The summed E-state index contributed by atoms with van der Waals surface area (Å²) in [6, 6.07) is 6.62. The predicted molar refractivity (Wildman–Crippen MR) is 109 cm³/mol. The summed E-state index contributed by atoms with van der Waals surface area (Å²) in [6.45, 7) is 2.19. The molecular formula is C21H22N2O4S. The van der Waals surface area contributed by atoms with E-state index in [0.717, 1.165) is 24.1 Å². The number of nitrogens with zero attached hydrogens (tertiary/aromatic N) is 2. The molecule has 1 aromatic carbocycles. The molecule has 3 aliphatic rings. The molecule has 1 spiro atoms. The maximum atomic E-state index is 12.9. The summed E-state index contributed by atoms with van der Waals surface area (Å²) in [5.74, 6) is -0.219. The van der Waals surface area contributed by atoms with Crippen LogP contribution in [0.15, 0.2) is 53.2 Å². The topological polar surface area (TPSA) is 81.8 Å². The largest absolute Gasteiger partial charge is 0.466 e. The molecule has 0 saturated carbocycles.